The highest BCUT2D eigenvalue weighted by Crippen LogP contribution is 2.33. The van der Waals surface area contributed by atoms with E-state index in [1.165, 1.54) is 0 Å². The number of aromatic nitrogens is 1. The van der Waals surface area contributed by atoms with E-state index in [2.05, 4.69) is 4.98 Å². The fourth-order valence-corrected chi connectivity index (χ4v) is 2.52. The summed E-state index contributed by atoms with van der Waals surface area (Å²) in [6.07, 6.45) is 0. The molecule has 0 spiro atoms. The first-order valence-corrected chi connectivity index (χ1v) is 7.06. The van der Waals surface area contributed by atoms with Crippen molar-refractivity contribution >= 4 is 11.3 Å². The van der Waals surface area contributed by atoms with Crippen LogP contribution in [0.15, 0.2) is 23.6 Å². The third-order valence-corrected chi connectivity index (χ3v) is 3.72. The first-order valence-electron chi connectivity index (χ1n) is 6.18. The number of thiazole rings is 1. The van der Waals surface area contributed by atoms with Crippen LogP contribution in [0.2, 0.25) is 0 Å². The smallest absolute Gasteiger partial charge is 0.161 e. The SMILES string of the molecule is CCOc1ccc(-c2csc(C(C)N)n2)cc1OC. The van der Waals surface area contributed by atoms with Crippen molar-refractivity contribution in [2.75, 3.05) is 13.7 Å². The van der Waals surface area contributed by atoms with E-state index < -0.39 is 0 Å². The molecule has 19 heavy (non-hydrogen) atoms. The lowest BCUT2D eigenvalue weighted by molar-refractivity contribution is 0.311. The van der Waals surface area contributed by atoms with Gasteiger partial charge in [0.05, 0.1) is 25.5 Å². The highest BCUT2D eigenvalue weighted by Gasteiger charge is 2.11. The Morgan fingerprint density at radius 2 is 2.16 bits per heavy atom. The predicted molar refractivity (Wildman–Crippen MR) is 77.9 cm³/mol. The zero-order valence-electron chi connectivity index (χ0n) is 11.3. The van der Waals surface area contributed by atoms with Crippen molar-refractivity contribution in [1.29, 1.82) is 0 Å². The fraction of sp³-hybridized carbons (Fsp3) is 0.357. The molecule has 0 fully saturated rings. The second kappa shape index (κ2) is 6.04. The molecule has 2 aromatic rings. The minimum atomic E-state index is -0.0386. The molecule has 0 aliphatic rings. The van der Waals surface area contributed by atoms with Crippen LogP contribution in [0.3, 0.4) is 0 Å². The van der Waals surface area contributed by atoms with E-state index in [1.807, 2.05) is 37.4 Å². The van der Waals surface area contributed by atoms with Gasteiger partial charge in [0.1, 0.15) is 5.01 Å². The molecule has 0 bridgehead atoms. The van der Waals surface area contributed by atoms with Gasteiger partial charge in [0.2, 0.25) is 0 Å². The molecule has 5 heteroatoms. The largest absolute Gasteiger partial charge is 0.493 e. The van der Waals surface area contributed by atoms with Crippen molar-refractivity contribution in [3.63, 3.8) is 0 Å². The molecule has 0 amide bonds. The van der Waals surface area contributed by atoms with Crippen LogP contribution in [0.25, 0.3) is 11.3 Å². The summed E-state index contributed by atoms with van der Waals surface area (Å²) in [5, 5.41) is 2.94. The Morgan fingerprint density at radius 3 is 2.74 bits per heavy atom. The van der Waals surface area contributed by atoms with Crippen LogP contribution in [0.5, 0.6) is 11.5 Å². The maximum Gasteiger partial charge on any atom is 0.161 e. The van der Waals surface area contributed by atoms with Crippen molar-refractivity contribution in [1.82, 2.24) is 4.98 Å². The van der Waals surface area contributed by atoms with Crippen molar-refractivity contribution < 1.29 is 9.47 Å². The van der Waals surface area contributed by atoms with Gasteiger partial charge in [0, 0.05) is 10.9 Å². The molecule has 102 valence electrons. The van der Waals surface area contributed by atoms with Gasteiger partial charge in [-0.3, -0.25) is 0 Å². The van der Waals surface area contributed by atoms with Gasteiger partial charge in [-0.15, -0.1) is 11.3 Å². The number of nitrogens with two attached hydrogens (primary N) is 1. The molecule has 2 rings (SSSR count). The molecule has 1 aromatic heterocycles. The summed E-state index contributed by atoms with van der Waals surface area (Å²) >= 11 is 1.57. The van der Waals surface area contributed by atoms with E-state index in [0.29, 0.717) is 6.61 Å². The van der Waals surface area contributed by atoms with Crippen LogP contribution in [0, 0.1) is 0 Å². The maximum atomic E-state index is 5.83. The number of benzene rings is 1. The van der Waals surface area contributed by atoms with Crippen molar-refractivity contribution in [3.8, 4) is 22.8 Å². The number of hydrogen-bond donors (Lipinski definition) is 1. The highest BCUT2D eigenvalue weighted by atomic mass is 32.1. The van der Waals surface area contributed by atoms with Crippen LogP contribution in [0.4, 0.5) is 0 Å². The van der Waals surface area contributed by atoms with Gasteiger partial charge >= 0.3 is 0 Å². The lowest BCUT2D eigenvalue weighted by atomic mass is 10.1. The molecule has 0 saturated heterocycles. The summed E-state index contributed by atoms with van der Waals surface area (Å²) in [5.41, 5.74) is 7.75. The Balaban J connectivity index is 2.34. The third kappa shape index (κ3) is 3.05. The molecular formula is C14H18N2O2S. The molecule has 1 heterocycles. The summed E-state index contributed by atoms with van der Waals surface area (Å²) in [5.74, 6) is 1.46. The summed E-state index contributed by atoms with van der Waals surface area (Å²) in [6.45, 7) is 4.49. The summed E-state index contributed by atoms with van der Waals surface area (Å²) in [7, 11) is 1.63. The zero-order chi connectivity index (χ0) is 13.8. The van der Waals surface area contributed by atoms with E-state index in [9.17, 15) is 0 Å². The minimum absolute atomic E-state index is 0.0386. The van der Waals surface area contributed by atoms with Crippen molar-refractivity contribution in [2.24, 2.45) is 5.73 Å². The molecule has 2 N–H and O–H groups in total. The van der Waals surface area contributed by atoms with E-state index in [-0.39, 0.29) is 6.04 Å². The number of nitrogens with zero attached hydrogens (tertiary/aromatic N) is 1. The van der Waals surface area contributed by atoms with E-state index in [4.69, 9.17) is 15.2 Å². The average molecular weight is 278 g/mol. The van der Waals surface area contributed by atoms with Crippen molar-refractivity contribution in [3.05, 3.63) is 28.6 Å². The molecule has 1 atom stereocenters. The lowest BCUT2D eigenvalue weighted by Crippen LogP contribution is -2.03. The van der Waals surface area contributed by atoms with Crippen molar-refractivity contribution in [2.45, 2.75) is 19.9 Å². The first kappa shape index (κ1) is 13.8. The van der Waals surface area contributed by atoms with E-state index in [0.717, 1.165) is 27.8 Å². The first-order chi connectivity index (χ1) is 9.15. The standard InChI is InChI=1S/C14H18N2O2S/c1-4-18-12-6-5-10(7-13(12)17-3)11-8-19-14(16-11)9(2)15/h5-9H,4,15H2,1-3H3. The highest BCUT2D eigenvalue weighted by molar-refractivity contribution is 7.10. The Bertz CT molecular complexity index is 552. The van der Waals surface area contributed by atoms with Crippen LogP contribution in [-0.4, -0.2) is 18.7 Å². The lowest BCUT2D eigenvalue weighted by Gasteiger charge is -2.10. The van der Waals surface area contributed by atoms with Gasteiger partial charge in [0.15, 0.2) is 11.5 Å². The van der Waals surface area contributed by atoms with Gasteiger partial charge in [-0.1, -0.05) is 0 Å². The Morgan fingerprint density at radius 1 is 1.37 bits per heavy atom. The summed E-state index contributed by atoms with van der Waals surface area (Å²) < 4.78 is 10.8. The summed E-state index contributed by atoms with van der Waals surface area (Å²) in [4.78, 5) is 4.53. The molecule has 0 aliphatic heterocycles. The van der Waals surface area contributed by atoms with Crippen LogP contribution >= 0.6 is 11.3 Å². The number of ether oxygens (including phenoxy) is 2. The molecule has 1 aromatic carbocycles. The van der Waals surface area contributed by atoms with Gasteiger partial charge in [-0.25, -0.2) is 4.98 Å². The Labute approximate surface area is 117 Å². The van der Waals surface area contributed by atoms with E-state index in [1.54, 1.807) is 18.4 Å². The minimum Gasteiger partial charge on any atom is -0.493 e. The van der Waals surface area contributed by atoms with E-state index >= 15 is 0 Å². The number of hydrogen-bond acceptors (Lipinski definition) is 5. The molecular weight excluding hydrogens is 260 g/mol. The second-order valence-electron chi connectivity index (χ2n) is 4.16. The van der Waals surface area contributed by atoms with Gasteiger partial charge < -0.3 is 15.2 Å². The van der Waals surface area contributed by atoms with Crippen LogP contribution in [0.1, 0.15) is 24.9 Å². The van der Waals surface area contributed by atoms with Gasteiger partial charge in [-0.05, 0) is 32.0 Å². The zero-order valence-corrected chi connectivity index (χ0v) is 12.2. The topological polar surface area (TPSA) is 57.4 Å². The number of rotatable bonds is 5. The third-order valence-electron chi connectivity index (χ3n) is 2.67. The Kier molecular flexibility index (Phi) is 4.39. The normalized spacial score (nSPS) is 12.2. The number of methoxy groups -OCH3 is 1. The quantitative estimate of drug-likeness (QED) is 0.912. The molecule has 4 nitrogen and oxygen atoms in total. The molecule has 0 radical (unpaired) electrons. The van der Waals surface area contributed by atoms with Gasteiger partial charge in [0.25, 0.3) is 0 Å². The fourth-order valence-electron chi connectivity index (χ4n) is 1.73. The van der Waals surface area contributed by atoms with Crippen LogP contribution in [-0.2, 0) is 0 Å². The van der Waals surface area contributed by atoms with Gasteiger partial charge in [-0.2, -0.15) is 0 Å². The van der Waals surface area contributed by atoms with Crippen LogP contribution < -0.4 is 15.2 Å². The second-order valence-corrected chi connectivity index (χ2v) is 5.05. The predicted octanol–water partition coefficient (Wildman–Crippen LogP) is 3.24. The molecule has 1 unspecified atom stereocenters. The summed E-state index contributed by atoms with van der Waals surface area (Å²) in [6, 6.07) is 5.78. The molecule has 0 aliphatic carbocycles. The molecule has 0 saturated carbocycles. The monoisotopic (exact) mass is 278 g/mol. The Hall–Kier alpha value is -1.59. The average Bonchev–Trinajstić information content (AvgIpc) is 2.89. The maximum absolute atomic E-state index is 5.83.